The normalized spacial score (nSPS) is 10.8. The average Bonchev–Trinajstić information content (AvgIpc) is 2.35. The van der Waals surface area contributed by atoms with Crippen LogP contribution in [0.5, 0.6) is 0 Å². The Kier molecular flexibility index (Phi) is 7.90. The summed E-state index contributed by atoms with van der Waals surface area (Å²) in [5, 5.41) is 0. The minimum absolute atomic E-state index is 0.257. The second-order valence-electron chi connectivity index (χ2n) is 4.65. The van der Waals surface area contributed by atoms with Crippen LogP contribution in [-0.4, -0.2) is 5.75 Å². The molecule has 0 unspecified atom stereocenters. The van der Waals surface area contributed by atoms with Crippen molar-refractivity contribution in [2.45, 2.75) is 56.8 Å². The van der Waals surface area contributed by atoms with Gasteiger partial charge in [0.15, 0.2) is 0 Å². The molecule has 2 N–H and O–H groups in total. The zero-order valence-electron chi connectivity index (χ0n) is 11.3. The Bertz CT molecular complexity index is 341. The number of anilines is 1. The number of unbranched alkanes of at least 4 members (excludes halogenated alkanes) is 6. The fourth-order valence-corrected chi connectivity index (χ4v) is 2.85. The quantitative estimate of drug-likeness (QED) is 0.376. The number of benzene rings is 1. The van der Waals surface area contributed by atoms with Crippen LogP contribution in [0.2, 0.25) is 0 Å². The van der Waals surface area contributed by atoms with Gasteiger partial charge in [-0.1, -0.05) is 45.4 Å². The summed E-state index contributed by atoms with van der Waals surface area (Å²) in [4.78, 5) is 1.00. The van der Waals surface area contributed by atoms with E-state index in [1.54, 1.807) is 17.8 Å². The molecule has 0 aliphatic carbocycles. The molecule has 0 bridgehead atoms. The van der Waals surface area contributed by atoms with E-state index in [-0.39, 0.29) is 5.82 Å². The molecular formula is C15H24FNS. The van der Waals surface area contributed by atoms with Gasteiger partial charge in [0.1, 0.15) is 5.82 Å². The molecular weight excluding hydrogens is 245 g/mol. The van der Waals surface area contributed by atoms with Gasteiger partial charge in [0, 0.05) is 10.6 Å². The second-order valence-corrected chi connectivity index (χ2v) is 5.79. The van der Waals surface area contributed by atoms with Crippen LogP contribution < -0.4 is 5.73 Å². The van der Waals surface area contributed by atoms with Crippen LogP contribution in [0.25, 0.3) is 0 Å². The Morgan fingerprint density at radius 3 is 2.39 bits per heavy atom. The third-order valence-corrected chi connectivity index (χ3v) is 4.15. The highest BCUT2D eigenvalue weighted by molar-refractivity contribution is 7.99. The molecule has 18 heavy (non-hydrogen) atoms. The predicted molar refractivity (Wildman–Crippen MR) is 79.5 cm³/mol. The molecule has 0 aliphatic heterocycles. The van der Waals surface area contributed by atoms with E-state index in [9.17, 15) is 4.39 Å². The summed E-state index contributed by atoms with van der Waals surface area (Å²) in [6.45, 7) is 2.24. The number of nitrogen functional groups attached to an aromatic ring is 1. The molecule has 1 aromatic rings. The number of hydrogen-bond donors (Lipinski definition) is 1. The number of halogens is 1. The summed E-state index contributed by atoms with van der Waals surface area (Å²) in [5.41, 5.74) is 6.31. The molecule has 0 radical (unpaired) electrons. The maximum Gasteiger partial charge on any atom is 0.125 e. The lowest BCUT2D eigenvalue weighted by Gasteiger charge is -2.05. The topological polar surface area (TPSA) is 26.0 Å². The monoisotopic (exact) mass is 269 g/mol. The lowest BCUT2D eigenvalue weighted by atomic mass is 10.1. The van der Waals surface area contributed by atoms with Gasteiger partial charge in [-0.15, -0.1) is 11.8 Å². The Balaban J connectivity index is 2.07. The first kappa shape index (κ1) is 15.4. The maximum absolute atomic E-state index is 12.8. The van der Waals surface area contributed by atoms with Crippen molar-refractivity contribution in [3.63, 3.8) is 0 Å². The second kappa shape index (κ2) is 9.26. The minimum Gasteiger partial charge on any atom is -0.398 e. The molecule has 1 rings (SSSR count). The smallest absolute Gasteiger partial charge is 0.125 e. The molecule has 3 heteroatoms. The van der Waals surface area contributed by atoms with E-state index in [2.05, 4.69) is 6.92 Å². The maximum atomic E-state index is 12.8. The first-order chi connectivity index (χ1) is 8.74. The number of thioether (sulfide) groups is 1. The van der Waals surface area contributed by atoms with Crippen LogP contribution in [0, 0.1) is 5.82 Å². The van der Waals surface area contributed by atoms with Gasteiger partial charge in [0.05, 0.1) is 0 Å². The van der Waals surface area contributed by atoms with E-state index in [0.717, 1.165) is 10.6 Å². The first-order valence-electron chi connectivity index (χ1n) is 6.92. The molecule has 0 atom stereocenters. The summed E-state index contributed by atoms with van der Waals surface area (Å²) >= 11 is 1.73. The van der Waals surface area contributed by atoms with Crippen molar-refractivity contribution >= 4 is 17.4 Å². The van der Waals surface area contributed by atoms with Crippen LogP contribution in [-0.2, 0) is 0 Å². The molecule has 0 heterocycles. The van der Waals surface area contributed by atoms with Crippen molar-refractivity contribution in [2.75, 3.05) is 11.5 Å². The molecule has 1 aromatic carbocycles. The van der Waals surface area contributed by atoms with Crippen LogP contribution in [0.4, 0.5) is 10.1 Å². The fraction of sp³-hybridized carbons (Fsp3) is 0.600. The van der Waals surface area contributed by atoms with Crippen molar-refractivity contribution in [1.29, 1.82) is 0 Å². The van der Waals surface area contributed by atoms with E-state index >= 15 is 0 Å². The third kappa shape index (κ3) is 6.29. The molecule has 0 saturated heterocycles. The van der Waals surface area contributed by atoms with E-state index in [0.29, 0.717) is 5.69 Å². The van der Waals surface area contributed by atoms with Gasteiger partial charge in [-0.25, -0.2) is 4.39 Å². The van der Waals surface area contributed by atoms with E-state index in [1.165, 1.54) is 57.1 Å². The van der Waals surface area contributed by atoms with Gasteiger partial charge in [0.2, 0.25) is 0 Å². The lowest BCUT2D eigenvalue weighted by molar-refractivity contribution is 0.603. The molecule has 0 amide bonds. The summed E-state index contributed by atoms with van der Waals surface area (Å²) in [6, 6.07) is 4.65. The number of hydrogen-bond acceptors (Lipinski definition) is 2. The van der Waals surface area contributed by atoms with Crippen LogP contribution in [0.1, 0.15) is 51.9 Å². The van der Waals surface area contributed by atoms with Gasteiger partial charge >= 0.3 is 0 Å². The molecule has 0 spiro atoms. The summed E-state index contributed by atoms with van der Waals surface area (Å²) in [6.07, 6.45) is 9.23. The Labute approximate surface area is 114 Å². The van der Waals surface area contributed by atoms with Crippen molar-refractivity contribution in [1.82, 2.24) is 0 Å². The zero-order valence-corrected chi connectivity index (χ0v) is 12.1. The SMILES string of the molecule is CCCCCCCCCSc1ccc(F)cc1N. The minimum atomic E-state index is -0.257. The van der Waals surface area contributed by atoms with Crippen molar-refractivity contribution < 1.29 is 4.39 Å². The average molecular weight is 269 g/mol. The molecule has 0 fully saturated rings. The summed E-state index contributed by atoms with van der Waals surface area (Å²) < 4.78 is 12.8. The standard InChI is InChI=1S/C15H24FNS/c1-2-3-4-5-6-7-8-11-18-15-10-9-13(16)12-14(15)17/h9-10,12H,2-8,11,17H2,1H3. The highest BCUT2D eigenvalue weighted by Gasteiger charge is 2.01. The number of nitrogens with two attached hydrogens (primary N) is 1. The highest BCUT2D eigenvalue weighted by atomic mass is 32.2. The molecule has 102 valence electrons. The van der Waals surface area contributed by atoms with Gasteiger partial charge in [0.25, 0.3) is 0 Å². The third-order valence-electron chi connectivity index (χ3n) is 2.98. The molecule has 1 nitrogen and oxygen atoms in total. The molecule has 0 aliphatic rings. The summed E-state index contributed by atoms with van der Waals surface area (Å²) in [5.74, 6) is 0.816. The van der Waals surface area contributed by atoms with Crippen molar-refractivity contribution in [3.05, 3.63) is 24.0 Å². The van der Waals surface area contributed by atoms with Crippen LogP contribution in [0.3, 0.4) is 0 Å². The Morgan fingerprint density at radius 2 is 1.72 bits per heavy atom. The number of rotatable bonds is 9. The predicted octanol–water partition coefficient (Wildman–Crippen LogP) is 5.25. The fourth-order valence-electron chi connectivity index (χ4n) is 1.89. The van der Waals surface area contributed by atoms with Crippen LogP contribution >= 0.6 is 11.8 Å². The largest absolute Gasteiger partial charge is 0.398 e. The van der Waals surface area contributed by atoms with Gasteiger partial charge in [-0.3, -0.25) is 0 Å². The van der Waals surface area contributed by atoms with Crippen LogP contribution in [0.15, 0.2) is 23.1 Å². The van der Waals surface area contributed by atoms with Gasteiger partial charge in [-0.2, -0.15) is 0 Å². The molecule has 0 saturated carbocycles. The Hall–Kier alpha value is -0.700. The Morgan fingerprint density at radius 1 is 1.06 bits per heavy atom. The summed E-state index contributed by atoms with van der Waals surface area (Å²) in [7, 11) is 0. The van der Waals surface area contributed by atoms with E-state index < -0.39 is 0 Å². The lowest BCUT2D eigenvalue weighted by Crippen LogP contribution is -1.91. The zero-order chi connectivity index (χ0) is 13.2. The highest BCUT2D eigenvalue weighted by Crippen LogP contribution is 2.26. The van der Waals surface area contributed by atoms with Gasteiger partial charge in [-0.05, 0) is 30.4 Å². The van der Waals surface area contributed by atoms with Crippen molar-refractivity contribution in [3.8, 4) is 0 Å². The first-order valence-corrected chi connectivity index (χ1v) is 7.90. The molecule has 0 aromatic heterocycles. The van der Waals surface area contributed by atoms with Gasteiger partial charge < -0.3 is 5.73 Å². The van der Waals surface area contributed by atoms with E-state index in [4.69, 9.17) is 5.73 Å². The van der Waals surface area contributed by atoms with E-state index in [1.807, 2.05) is 0 Å². The van der Waals surface area contributed by atoms with Crippen molar-refractivity contribution in [2.24, 2.45) is 0 Å².